The predicted octanol–water partition coefficient (Wildman–Crippen LogP) is 4.37. The second-order valence-electron chi connectivity index (χ2n) is 8.76. The Kier molecular flexibility index (Phi) is 3.14. The molecule has 0 spiro atoms. The molecule has 0 radical (unpaired) electrons. The van der Waals surface area contributed by atoms with Crippen LogP contribution in [0.3, 0.4) is 0 Å². The van der Waals surface area contributed by atoms with Crippen LogP contribution >= 0.6 is 0 Å². The Hall–Kier alpha value is -0.370. The van der Waals surface area contributed by atoms with E-state index in [-0.39, 0.29) is 17.5 Å². The van der Waals surface area contributed by atoms with Crippen LogP contribution in [0.1, 0.15) is 73.1 Å². The van der Waals surface area contributed by atoms with Gasteiger partial charge in [-0.3, -0.25) is 4.79 Å². The maximum atomic E-state index is 11.8. The molecule has 3 rings (SSSR count). The third-order valence-electron chi connectivity index (χ3n) is 7.05. The maximum absolute atomic E-state index is 11.8. The van der Waals surface area contributed by atoms with E-state index in [0.717, 1.165) is 18.8 Å². The van der Waals surface area contributed by atoms with Crippen molar-refractivity contribution in [1.29, 1.82) is 0 Å². The first kappa shape index (κ1) is 14.6. The summed E-state index contributed by atoms with van der Waals surface area (Å²) in [6.45, 7) is 11.4. The first-order valence-electron chi connectivity index (χ1n) is 8.37. The minimum atomic E-state index is -0.148. The van der Waals surface area contributed by atoms with Crippen molar-refractivity contribution in [2.45, 2.75) is 84.8 Å². The second kappa shape index (κ2) is 4.32. The molecule has 114 valence electrons. The highest BCUT2D eigenvalue weighted by Gasteiger charge is 2.62. The fourth-order valence-electron chi connectivity index (χ4n) is 6.10. The highest BCUT2D eigenvalue weighted by molar-refractivity contribution is 5.80. The van der Waals surface area contributed by atoms with Crippen LogP contribution in [0.25, 0.3) is 0 Å². The average Bonchev–Trinajstić information content (AvgIpc) is 2.67. The Morgan fingerprint density at radius 1 is 1.05 bits per heavy atom. The summed E-state index contributed by atoms with van der Waals surface area (Å²) >= 11 is 0. The number of ether oxygens (including phenoxy) is 1. The highest BCUT2D eigenvalue weighted by Crippen LogP contribution is 2.65. The van der Waals surface area contributed by atoms with Crippen LogP contribution in [0.5, 0.6) is 0 Å². The zero-order valence-electron chi connectivity index (χ0n) is 13.8. The number of ketones is 1. The van der Waals surface area contributed by atoms with Crippen molar-refractivity contribution in [3.8, 4) is 0 Å². The Balaban J connectivity index is 1.95. The van der Waals surface area contributed by atoms with E-state index in [2.05, 4.69) is 27.7 Å². The molecule has 3 aliphatic rings. The standard InChI is InChI=1S/C18H30O2/c1-12(19)13-11-15-17(4)9-6-8-16(2,3)14(17)7-10-18(15,5)20-13/h13-15H,6-11H2,1-5H3/t13-,14+,15-,17+,18-/m1/s1. The fraction of sp³-hybridized carbons (Fsp3) is 0.944. The summed E-state index contributed by atoms with van der Waals surface area (Å²) < 4.78 is 6.25. The second-order valence-corrected chi connectivity index (χ2v) is 8.76. The zero-order chi connectivity index (χ0) is 14.8. The Labute approximate surface area is 123 Å². The molecule has 1 aliphatic heterocycles. The van der Waals surface area contributed by atoms with Gasteiger partial charge in [0, 0.05) is 0 Å². The van der Waals surface area contributed by atoms with Gasteiger partial charge in [0.2, 0.25) is 0 Å². The Bertz CT molecular complexity index is 427. The van der Waals surface area contributed by atoms with Crippen LogP contribution in [0.15, 0.2) is 0 Å². The van der Waals surface area contributed by atoms with E-state index in [0.29, 0.717) is 16.7 Å². The maximum Gasteiger partial charge on any atom is 0.158 e. The van der Waals surface area contributed by atoms with E-state index >= 15 is 0 Å². The number of fused-ring (bicyclic) bond motifs is 3. The minimum Gasteiger partial charge on any atom is -0.364 e. The molecular formula is C18H30O2. The molecule has 2 aliphatic carbocycles. The van der Waals surface area contributed by atoms with E-state index in [1.807, 2.05) is 0 Å². The molecule has 20 heavy (non-hydrogen) atoms. The molecule has 0 aromatic rings. The van der Waals surface area contributed by atoms with Crippen molar-refractivity contribution in [1.82, 2.24) is 0 Å². The highest BCUT2D eigenvalue weighted by atomic mass is 16.5. The van der Waals surface area contributed by atoms with Gasteiger partial charge in [-0.2, -0.15) is 0 Å². The Morgan fingerprint density at radius 2 is 1.75 bits per heavy atom. The van der Waals surface area contributed by atoms with Crippen molar-refractivity contribution >= 4 is 5.78 Å². The van der Waals surface area contributed by atoms with Crippen LogP contribution < -0.4 is 0 Å². The summed E-state index contributed by atoms with van der Waals surface area (Å²) in [4.78, 5) is 11.8. The summed E-state index contributed by atoms with van der Waals surface area (Å²) in [6.07, 6.45) is 7.20. The van der Waals surface area contributed by atoms with Gasteiger partial charge in [-0.15, -0.1) is 0 Å². The predicted molar refractivity (Wildman–Crippen MR) is 80.5 cm³/mol. The largest absolute Gasteiger partial charge is 0.364 e. The monoisotopic (exact) mass is 278 g/mol. The molecule has 0 amide bonds. The summed E-state index contributed by atoms with van der Waals surface area (Å²) in [5.74, 6) is 1.56. The summed E-state index contributed by atoms with van der Waals surface area (Å²) in [5, 5.41) is 0. The lowest BCUT2D eigenvalue weighted by Crippen LogP contribution is -2.55. The SMILES string of the molecule is CC(=O)[C@H]1C[C@@H]2[C@@]3(C)CCCC(C)(C)[C@@H]3CC[C@@]2(C)O1. The summed E-state index contributed by atoms with van der Waals surface area (Å²) in [6, 6.07) is 0. The van der Waals surface area contributed by atoms with Crippen LogP contribution in [-0.4, -0.2) is 17.5 Å². The van der Waals surface area contributed by atoms with Crippen molar-refractivity contribution in [2.24, 2.45) is 22.7 Å². The van der Waals surface area contributed by atoms with Gasteiger partial charge in [-0.25, -0.2) is 0 Å². The number of Topliss-reactive ketones (excluding diaryl/α,β-unsaturated/α-hetero) is 1. The van der Waals surface area contributed by atoms with Gasteiger partial charge in [0.1, 0.15) is 6.10 Å². The van der Waals surface area contributed by atoms with Crippen molar-refractivity contribution in [3.05, 3.63) is 0 Å². The molecule has 2 nitrogen and oxygen atoms in total. The van der Waals surface area contributed by atoms with Crippen molar-refractivity contribution in [3.63, 3.8) is 0 Å². The normalized spacial score (nSPS) is 50.4. The average molecular weight is 278 g/mol. The number of hydrogen-bond acceptors (Lipinski definition) is 2. The number of carbonyl (C=O) groups excluding carboxylic acids is 1. The first-order valence-corrected chi connectivity index (χ1v) is 8.37. The molecule has 0 aromatic carbocycles. The van der Waals surface area contributed by atoms with Crippen LogP contribution in [0, 0.1) is 22.7 Å². The quantitative estimate of drug-likeness (QED) is 0.712. The lowest BCUT2D eigenvalue weighted by Gasteiger charge is -2.60. The Morgan fingerprint density at radius 3 is 2.40 bits per heavy atom. The fourth-order valence-corrected chi connectivity index (χ4v) is 6.10. The van der Waals surface area contributed by atoms with E-state index in [4.69, 9.17) is 4.74 Å². The topological polar surface area (TPSA) is 26.3 Å². The van der Waals surface area contributed by atoms with Gasteiger partial charge < -0.3 is 4.74 Å². The molecule has 0 bridgehead atoms. The molecule has 5 atom stereocenters. The molecule has 2 saturated carbocycles. The van der Waals surface area contributed by atoms with Gasteiger partial charge >= 0.3 is 0 Å². The lowest BCUT2D eigenvalue weighted by molar-refractivity contribution is -0.160. The van der Waals surface area contributed by atoms with Gasteiger partial charge in [0.25, 0.3) is 0 Å². The molecule has 0 N–H and O–H groups in total. The van der Waals surface area contributed by atoms with Gasteiger partial charge in [0.05, 0.1) is 5.60 Å². The molecular weight excluding hydrogens is 248 g/mol. The van der Waals surface area contributed by atoms with Crippen LogP contribution in [0.2, 0.25) is 0 Å². The zero-order valence-corrected chi connectivity index (χ0v) is 13.8. The van der Waals surface area contributed by atoms with Crippen LogP contribution in [0.4, 0.5) is 0 Å². The number of carbonyl (C=O) groups is 1. The third-order valence-corrected chi connectivity index (χ3v) is 7.05. The molecule has 1 saturated heterocycles. The number of hydrogen-bond donors (Lipinski definition) is 0. The third kappa shape index (κ3) is 1.90. The molecule has 0 unspecified atom stereocenters. The van der Waals surface area contributed by atoms with Crippen molar-refractivity contribution < 1.29 is 9.53 Å². The van der Waals surface area contributed by atoms with Gasteiger partial charge in [0.15, 0.2) is 5.78 Å². The molecule has 0 aromatic heterocycles. The summed E-state index contributed by atoms with van der Waals surface area (Å²) in [5.41, 5.74) is 0.747. The van der Waals surface area contributed by atoms with E-state index in [9.17, 15) is 4.79 Å². The van der Waals surface area contributed by atoms with E-state index in [1.165, 1.54) is 25.7 Å². The lowest BCUT2D eigenvalue weighted by atomic mass is 9.45. The summed E-state index contributed by atoms with van der Waals surface area (Å²) in [7, 11) is 0. The smallest absolute Gasteiger partial charge is 0.158 e. The van der Waals surface area contributed by atoms with E-state index < -0.39 is 0 Å². The minimum absolute atomic E-state index is 0.0605. The van der Waals surface area contributed by atoms with Gasteiger partial charge in [-0.05, 0) is 68.6 Å². The van der Waals surface area contributed by atoms with Crippen LogP contribution in [-0.2, 0) is 9.53 Å². The molecule has 2 heteroatoms. The van der Waals surface area contributed by atoms with E-state index in [1.54, 1.807) is 6.92 Å². The number of rotatable bonds is 1. The molecule has 1 heterocycles. The van der Waals surface area contributed by atoms with Gasteiger partial charge in [-0.1, -0.05) is 27.2 Å². The van der Waals surface area contributed by atoms with Crippen molar-refractivity contribution in [2.75, 3.05) is 0 Å². The molecule has 3 fully saturated rings. The first-order chi connectivity index (χ1) is 9.19.